The molecule has 0 fully saturated rings. The maximum Gasteiger partial charge on any atom is 0.252 e. The van der Waals surface area contributed by atoms with Crippen molar-refractivity contribution in [1.29, 1.82) is 0 Å². The van der Waals surface area contributed by atoms with Gasteiger partial charge in [-0.25, -0.2) is 0 Å². The average Bonchev–Trinajstić information content (AvgIpc) is 2.37. The number of aliphatic hydroxyl groups excluding tert-OH is 1. The van der Waals surface area contributed by atoms with Gasteiger partial charge in [-0.05, 0) is 46.5 Å². The number of aliphatic hydroxyl groups is 1. The van der Waals surface area contributed by atoms with Gasteiger partial charge < -0.3 is 16.2 Å². The van der Waals surface area contributed by atoms with Crippen LogP contribution in [0.2, 0.25) is 0 Å². The molecule has 0 radical (unpaired) electrons. The molecular weight excluding hydrogens is 296 g/mol. The molecule has 100 valence electrons. The minimum atomic E-state index is -0.148. The second kappa shape index (κ2) is 7.38. The summed E-state index contributed by atoms with van der Waals surface area (Å²) < 4.78 is 0.726. The van der Waals surface area contributed by atoms with E-state index in [2.05, 4.69) is 21.2 Å². The van der Waals surface area contributed by atoms with Gasteiger partial charge in [0, 0.05) is 23.3 Å². The van der Waals surface area contributed by atoms with Crippen molar-refractivity contribution in [2.75, 3.05) is 18.9 Å². The van der Waals surface area contributed by atoms with E-state index >= 15 is 0 Å². The van der Waals surface area contributed by atoms with Crippen molar-refractivity contribution >= 4 is 27.5 Å². The molecule has 0 spiro atoms. The number of rotatable bonds is 6. The highest BCUT2D eigenvalue weighted by Crippen LogP contribution is 2.19. The normalized spacial score (nSPS) is 12.2. The van der Waals surface area contributed by atoms with Gasteiger partial charge in [-0.2, -0.15) is 0 Å². The minimum absolute atomic E-state index is 0.148. The van der Waals surface area contributed by atoms with Crippen LogP contribution in [0.3, 0.4) is 0 Å². The molecule has 1 amide bonds. The molecule has 0 saturated heterocycles. The second-order valence-corrected chi connectivity index (χ2v) is 5.09. The van der Waals surface area contributed by atoms with E-state index < -0.39 is 0 Å². The number of hydrogen-bond acceptors (Lipinski definition) is 3. The number of carbonyl (C=O) groups is 1. The van der Waals surface area contributed by atoms with Gasteiger partial charge in [-0.3, -0.25) is 4.79 Å². The Morgan fingerprint density at radius 1 is 1.56 bits per heavy atom. The van der Waals surface area contributed by atoms with Gasteiger partial charge in [0.15, 0.2) is 0 Å². The number of carbonyl (C=O) groups excluding carboxylic acids is 1. The summed E-state index contributed by atoms with van der Waals surface area (Å²) in [7, 11) is 0. The molecule has 5 heteroatoms. The van der Waals surface area contributed by atoms with Gasteiger partial charge >= 0.3 is 0 Å². The van der Waals surface area contributed by atoms with Crippen molar-refractivity contribution in [2.24, 2.45) is 5.92 Å². The number of benzene rings is 1. The van der Waals surface area contributed by atoms with E-state index in [1.165, 1.54) is 0 Å². The van der Waals surface area contributed by atoms with E-state index in [9.17, 15) is 4.79 Å². The number of nitrogens with two attached hydrogens (primary N) is 1. The summed E-state index contributed by atoms with van der Waals surface area (Å²) in [6, 6.07) is 5.14. The van der Waals surface area contributed by atoms with Crippen LogP contribution in [0.15, 0.2) is 22.7 Å². The smallest absolute Gasteiger partial charge is 0.252 e. The molecule has 1 rings (SSSR count). The molecule has 0 aliphatic rings. The Morgan fingerprint density at radius 2 is 2.28 bits per heavy atom. The van der Waals surface area contributed by atoms with Crippen LogP contribution in [0.5, 0.6) is 0 Å². The van der Waals surface area contributed by atoms with Crippen LogP contribution in [-0.2, 0) is 0 Å². The molecule has 0 heterocycles. The van der Waals surface area contributed by atoms with Crippen molar-refractivity contribution in [3.8, 4) is 0 Å². The monoisotopic (exact) mass is 314 g/mol. The van der Waals surface area contributed by atoms with E-state index in [0.29, 0.717) is 30.1 Å². The highest BCUT2D eigenvalue weighted by atomic mass is 79.9. The lowest BCUT2D eigenvalue weighted by Gasteiger charge is -2.14. The lowest BCUT2D eigenvalue weighted by molar-refractivity contribution is 0.0943. The zero-order chi connectivity index (χ0) is 13.5. The van der Waals surface area contributed by atoms with Gasteiger partial charge in [-0.15, -0.1) is 0 Å². The first-order chi connectivity index (χ1) is 8.58. The molecule has 0 aliphatic carbocycles. The standard InChI is InChI=1S/C13H19BrN2O2/c1-2-9(5-6-17)8-16-13(18)11-7-10(15)3-4-12(11)14/h3-4,7,9,17H,2,5-6,8,15H2,1H3,(H,16,18). The first-order valence-electron chi connectivity index (χ1n) is 6.02. The van der Waals surface area contributed by atoms with Crippen molar-refractivity contribution in [3.63, 3.8) is 0 Å². The van der Waals surface area contributed by atoms with E-state index in [4.69, 9.17) is 10.8 Å². The fourth-order valence-electron chi connectivity index (χ4n) is 1.68. The summed E-state index contributed by atoms with van der Waals surface area (Å²) in [5.74, 6) is 0.157. The topological polar surface area (TPSA) is 75.3 Å². The molecule has 4 N–H and O–H groups in total. The molecule has 1 unspecified atom stereocenters. The Hall–Kier alpha value is -1.07. The summed E-state index contributed by atoms with van der Waals surface area (Å²) in [4.78, 5) is 12.0. The summed E-state index contributed by atoms with van der Waals surface area (Å²) in [6.07, 6.45) is 1.63. The Labute approximate surface area is 116 Å². The van der Waals surface area contributed by atoms with E-state index in [0.717, 1.165) is 10.9 Å². The van der Waals surface area contributed by atoms with Gasteiger partial charge in [0.1, 0.15) is 0 Å². The molecule has 0 aliphatic heterocycles. The Bertz CT molecular complexity index is 410. The van der Waals surface area contributed by atoms with Crippen molar-refractivity contribution in [3.05, 3.63) is 28.2 Å². The van der Waals surface area contributed by atoms with E-state index in [1.54, 1.807) is 18.2 Å². The lowest BCUT2D eigenvalue weighted by Crippen LogP contribution is -2.29. The number of hydrogen-bond donors (Lipinski definition) is 3. The van der Waals surface area contributed by atoms with Crippen molar-refractivity contribution in [1.82, 2.24) is 5.32 Å². The Balaban J connectivity index is 2.62. The third-order valence-corrected chi connectivity index (χ3v) is 3.59. The third kappa shape index (κ3) is 4.31. The molecule has 1 aromatic rings. The SMILES string of the molecule is CCC(CCO)CNC(=O)c1cc(N)ccc1Br. The van der Waals surface area contributed by atoms with Crippen LogP contribution in [-0.4, -0.2) is 24.2 Å². The highest BCUT2D eigenvalue weighted by Gasteiger charge is 2.12. The molecule has 0 saturated carbocycles. The maximum atomic E-state index is 12.0. The predicted octanol–water partition coefficient (Wildman–Crippen LogP) is 2.17. The molecular formula is C13H19BrN2O2. The summed E-state index contributed by atoms with van der Waals surface area (Å²) in [6.45, 7) is 2.76. The van der Waals surface area contributed by atoms with Gasteiger partial charge in [0.25, 0.3) is 5.91 Å². The molecule has 18 heavy (non-hydrogen) atoms. The van der Waals surface area contributed by atoms with Crippen LogP contribution in [0.25, 0.3) is 0 Å². The quantitative estimate of drug-likeness (QED) is 0.704. The highest BCUT2D eigenvalue weighted by molar-refractivity contribution is 9.10. The fraction of sp³-hybridized carbons (Fsp3) is 0.462. The fourth-order valence-corrected chi connectivity index (χ4v) is 2.11. The number of anilines is 1. The molecule has 0 bridgehead atoms. The van der Waals surface area contributed by atoms with Gasteiger partial charge in [-0.1, -0.05) is 13.3 Å². The minimum Gasteiger partial charge on any atom is -0.399 e. The van der Waals surface area contributed by atoms with E-state index in [-0.39, 0.29) is 12.5 Å². The third-order valence-electron chi connectivity index (χ3n) is 2.90. The zero-order valence-electron chi connectivity index (χ0n) is 10.4. The van der Waals surface area contributed by atoms with Gasteiger partial charge in [0.05, 0.1) is 5.56 Å². The first-order valence-corrected chi connectivity index (χ1v) is 6.81. The van der Waals surface area contributed by atoms with Crippen molar-refractivity contribution < 1.29 is 9.90 Å². The van der Waals surface area contributed by atoms with Crippen LogP contribution < -0.4 is 11.1 Å². The Kier molecular flexibility index (Phi) is 6.15. The van der Waals surface area contributed by atoms with Crippen molar-refractivity contribution in [2.45, 2.75) is 19.8 Å². The van der Waals surface area contributed by atoms with Crippen LogP contribution in [0.1, 0.15) is 30.1 Å². The zero-order valence-corrected chi connectivity index (χ0v) is 12.0. The summed E-state index contributed by atoms with van der Waals surface area (Å²) in [5.41, 5.74) is 6.76. The number of halogens is 1. The van der Waals surface area contributed by atoms with E-state index in [1.807, 2.05) is 6.92 Å². The maximum absolute atomic E-state index is 12.0. The largest absolute Gasteiger partial charge is 0.399 e. The molecule has 4 nitrogen and oxygen atoms in total. The molecule has 0 aromatic heterocycles. The Morgan fingerprint density at radius 3 is 2.89 bits per heavy atom. The number of nitrogens with one attached hydrogen (secondary N) is 1. The van der Waals surface area contributed by atoms with Crippen LogP contribution >= 0.6 is 15.9 Å². The number of amides is 1. The summed E-state index contributed by atoms with van der Waals surface area (Å²) in [5, 5.41) is 11.8. The van der Waals surface area contributed by atoms with Crippen LogP contribution in [0.4, 0.5) is 5.69 Å². The van der Waals surface area contributed by atoms with Gasteiger partial charge in [0.2, 0.25) is 0 Å². The lowest BCUT2D eigenvalue weighted by atomic mass is 10.0. The first kappa shape index (κ1) is 15.0. The van der Waals surface area contributed by atoms with Crippen LogP contribution in [0, 0.1) is 5.92 Å². The number of nitrogen functional groups attached to an aromatic ring is 1. The summed E-state index contributed by atoms with van der Waals surface area (Å²) >= 11 is 3.33. The average molecular weight is 315 g/mol. The molecule has 1 aromatic carbocycles. The predicted molar refractivity (Wildman–Crippen MR) is 76.4 cm³/mol. The second-order valence-electron chi connectivity index (χ2n) is 4.24. The molecule has 1 atom stereocenters.